The van der Waals surface area contributed by atoms with Gasteiger partial charge in [-0.05, 0) is 18.4 Å². The minimum atomic E-state index is -3.38. The maximum atomic E-state index is 12.0. The molecule has 1 fully saturated rings. The average molecular weight is 271 g/mol. The fourth-order valence-corrected chi connectivity index (χ4v) is 3.54. The first-order valence-electron chi connectivity index (χ1n) is 6.49. The van der Waals surface area contributed by atoms with Crippen LogP contribution in [0.25, 0.3) is 0 Å². The number of rotatable bonds is 6. The Bertz CT molecular complexity index is 475. The van der Waals surface area contributed by atoms with Crippen LogP contribution in [0.1, 0.15) is 37.8 Å². The number of aromatic amines is 1. The topological polar surface area (TPSA) is 88.0 Å². The lowest BCUT2D eigenvalue weighted by Gasteiger charge is -2.09. The lowest BCUT2D eigenvalue weighted by molar-refractivity contribution is 0.495. The van der Waals surface area contributed by atoms with E-state index < -0.39 is 10.0 Å². The van der Waals surface area contributed by atoms with Crippen LogP contribution in [0.3, 0.4) is 0 Å². The number of hydrogen-bond donors (Lipinski definition) is 3. The van der Waals surface area contributed by atoms with Crippen LogP contribution in [0.2, 0.25) is 0 Å². The predicted molar refractivity (Wildman–Crippen MR) is 70.4 cm³/mol. The van der Waals surface area contributed by atoms with Crippen molar-refractivity contribution in [3.8, 4) is 0 Å². The first kappa shape index (κ1) is 13.6. The fraction of sp³-hybridized carbons (Fsp3) is 0.667. The van der Waals surface area contributed by atoms with Crippen molar-refractivity contribution in [3.05, 3.63) is 18.0 Å². The van der Waals surface area contributed by atoms with Gasteiger partial charge in [-0.3, -0.25) is 0 Å². The van der Waals surface area contributed by atoms with E-state index in [0.29, 0.717) is 19.0 Å². The summed E-state index contributed by atoms with van der Waals surface area (Å²) >= 11 is 0. The third-order valence-electron chi connectivity index (χ3n) is 3.57. The molecular formula is C12H21N3O2S. The van der Waals surface area contributed by atoms with Crippen LogP contribution in [0.15, 0.2) is 17.2 Å². The minimum Gasteiger partial charge on any atom is -0.363 e. The molecule has 1 aliphatic carbocycles. The second-order valence-corrected chi connectivity index (χ2v) is 6.67. The summed E-state index contributed by atoms with van der Waals surface area (Å²) in [5.41, 5.74) is 6.17. The molecule has 18 heavy (non-hydrogen) atoms. The van der Waals surface area contributed by atoms with Gasteiger partial charge in [0, 0.05) is 25.0 Å². The van der Waals surface area contributed by atoms with Gasteiger partial charge >= 0.3 is 0 Å². The second-order valence-electron chi connectivity index (χ2n) is 4.90. The number of nitrogens with one attached hydrogen (secondary N) is 2. The van der Waals surface area contributed by atoms with E-state index in [4.69, 9.17) is 5.73 Å². The van der Waals surface area contributed by atoms with Gasteiger partial charge in [-0.25, -0.2) is 13.1 Å². The molecule has 1 aliphatic rings. The van der Waals surface area contributed by atoms with Crippen LogP contribution in [0, 0.1) is 5.92 Å². The first-order chi connectivity index (χ1) is 8.62. The first-order valence-corrected chi connectivity index (χ1v) is 7.97. The van der Waals surface area contributed by atoms with E-state index in [1.807, 2.05) is 0 Å². The van der Waals surface area contributed by atoms with Crippen molar-refractivity contribution in [1.29, 1.82) is 0 Å². The molecule has 0 aliphatic heterocycles. The summed E-state index contributed by atoms with van der Waals surface area (Å²) in [5, 5.41) is 0. The minimum absolute atomic E-state index is 0.273. The summed E-state index contributed by atoms with van der Waals surface area (Å²) in [6.07, 6.45) is 7.48. The zero-order valence-corrected chi connectivity index (χ0v) is 11.3. The molecule has 0 atom stereocenters. The van der Waals surface area contributed by atoms with Crippen LogP contribution in [-0.4, -0.2) is 19.9 Å². The molecule has 0 amide bonds. The van der Waals surface area contributed by atoms with Gasteiger partial charge in [0.25, 0.3) is 0 Å². The smallest absolute Gasteiger partial charge is 0.242 e. The molecule has 0 spiro atoms. The van der Waals surface area contributed by atoms with Crippen molar-refractivity contribution in [2.75, 3.05) is 6.54 Å². The van der Waals surface area contributed by atoms with Gasteiger partial charge in [0.05, 0.1) is 4.90 Å². The van der Waals surface area contributed by atoms with Crippen molar-refractivity contribution < 1.29 is 8.42 Å². The lowest BCUT2D eigenvalue weighted by Crippen LogP contribution is -2.25. The molecule has 0 bridgehead atoms. The van der Waals surface area contributed by atoms with E-state index in [-0.39, 0.29) is 4.90 Å². The van der Waals surface area contributed by atoms with Crippen molar-refractivity contribution >= 4 is 10.0 Å². The predicted octanol–water partition coefficient (Wildman–Crippen LogP) is 1.33. The van der Waals surface area contributed by atoms with Crippen LogP contribution < -0.4 is 10.5 Å². The highest BCUT2D eigenvalue weighted by Crippen LogP contribution is 2.27. The van der Waals surface area contributed by atoms with Gasteiger partial charge in [0.2, 0.25) is 10.0 Å². The van der Waals surface area contributed by atoms with Crippen molar-refractivity contribution in [1.82, 2.24) is 9.71 Å². The molecular weight excluding hydrogens is 250 g/mol. The highest BCUT2D eigenvalue weighted by molar-refractivity contribution is 7.89. The fourth-order valence-electron chi connectivity index (χ4n) is 2.47. The zero-order valence-electron chi connectivity index (χ0n) is 10.5. The summed E-state index contributed by atoms with van der Waals surface area (Å²) in [4.78, 5) is 3.12. The van der Waals surface area contributed by atoms with Gasteiger partial charge in [0.15, 0.2) is 0 Å². The Balaban J connectivity index is 1.86. The van der Waals surface area contributed by atoms with E-state index in [1.54, 1.807) is 6.07 Å². The molecule has 2 rings (SSSR count). The SMILES string of the molecule is NCc1cc(S(=O)(=O)NCCC2CCCC2)c[nH]1. The Morgan fingerprint density at radius 2 is 2.11 bits per heavy atom. The summed E-state index contributed by atoms with van der Waals surface area (Å²) in [7, 11) is -3.38. The van der Waals surface area contributed by atoms with Gasteiger partial charge in [0.1, 0.15) is 0 Å². The molecule has 4 N–H and O–H groups in total. The second kappa shape index (κ2) is 5.86. The quantitative estimate of drug-likeness (QED) is 0.729. The molecule has 0 saturated heterocycles. The van der Waals surface area contributed by atoms with Gasteiger partial charge < -0.3 is 10.7 Å². The summed E-state index contributed by atoms with van der Waals surface area (Å²) in [6.45, 7) is 0.841. The third kappa shape index (κ3) is 3.34. The maximum Gasteiger partial charge on any atom is 0.242 e. The highest BCUT2D eigenvalue weighted by Gasteiger charge is 2.18. The van der Waals surface area contributed by atoms with E-state index in [0.717, 1.165) is 12.1 Å². The van der Waals surface area contributed by atoms with E-state index in [9.17, 15) is 8.42 Å². The molecule has 5 nitrogen and oxygen atoms in total. The molecule has 1 saturated carbocycles. The van der Waals surface area contributed by atoms with Crippen LogP contribution >= 0.6 is 0 Å². The monoisotopic (exact) mass is 271 g/mol. The van der Waals surface area contributed by atoms with Crippen LogP contribution in [0.5, 0.6) is 0 Å². The Labute approximate surface area is 108 Å². The van der Waals surface area contributed by atoms with Gasteiger partial charge in [-0.1, -0.05) is 25.7 Å². The molecule has 0 aromatic carbocycles. The molecule has 0 unspecified atom stereocenters. The normalized spacial score (nSPS) is 17.4. The van der Waals surface area contributed by atoms with Crippen molar-refractivity contribution in [3.63, 3.8) is 0 Å². The summed E-state index contributed by atoms with van der Waals surface area (Å²) in [6, 6.07) is 1.58. The maximum absolute atomic E-state index is 12.0. The Morgan fingerprint density at radius 1 is 1.39 bits per heavy atom. The van der Waals surface area contributed by atoms with Crippen molar-refractivity contribution in [2.45, 2.75) is 43.5 Å². The standard InChI is InChI=1S/C12H21N3O2S/c13-8-11-7-12(9-14-11)18(16,17)15-6-5-10-3-1-2-4-10/h7,9-10,14-15H,1-6,8,13H2. The Hall–Kier alpha value is -0.850. The molecule has 6 heteroatoms. The van der Waals surface area contributed by atoms with Crippen LogP contribution in [0.4, 0.5) is 0 Å². The number of aromatic nitrogens is 1. The summed E-state index contributed by atoms with van der Waals surface area (Å²) in [5.74, 6) is 0.693. The Morgan fingerprint density at radius 3 is 2.72 bits per heavy atom. The van der Waals surface area contributed by atoms with E-state index in [1.165, 1.54) is 31.9 Å². The highest BCUT2D eigenvalue weighted by atomic mass is 32.2. The number of sulfonamides is 1. The largest absolute Gasteiger partial charge is 0.363 e. The van der Waals surface area contributed by atoms with Crippen LogP contribution in [-0.2, 0) is 16.6 Å². The third-order valence-corrected chi connectivity index (χ3v) is 5.01. The van der Waals surface area contributed by atoms with Gasteiger partial charge in [-0.2, -0.15) is 0 Å². The number of H-pyrrole nitrogens is 1. The summed E-state index contributed by atoms with van der Waals surface area (Å²) < 4.78 is 26.6. The van der Waals surface area contributed by atoms with E-state index >= 15 is 0 Å². The molecule has 1 aromatic rings. The average Bonchev–Trinajstić information content (AvgIpc) is 2.99. The molecule has 1 heterocycles. The number of hydrogen-bond acceptors (Lipinski definition) is 3. The van der Waals surface area contributed by atoms with Crippen molar-refractivity contribution in [2.24, 2.45) is 11.7 Å². The van der Waals surface area contributed by atoms with E-state index in [2.05, 4.69) is 9.71 Å². The lowest BCUT2D eigenvalue weighted by atomic mass is 10.1. The molecule has 0 radical (unpaired) electrons. The Kier molecular flexibility index (Phi) is 4.42. The molecule has 1 aromatic heterocycles. The van der Waals surface area contributed by atoms with Gasteiger partial charge in [-0.15, -0.1) is 0 Å². The zero-order chi connectivity index (χ0) is 13.0. The number of nitrogens with two attached hydrogens (primary N) is 1. The molecule has 102 valence electrons.